The van der Waals surface area contributed by atoms with Crippen LogP contribution in [0.4, 0.5) is 0 Å². The fourth-order valence-electron chi connectivity index (χ4n) is 18.7. The number of aryl methyl sites for hydroxylation is 14. The van der Waals surface area contributed by atoms with Gasteiger partial charge in [-0.15, -0.1) is 61.2 Å². The van der Waals surface area contributed by atoms with Crippen LogP contribution in [0.3, 0.4) is 0 Å². The first-order valence-corrected chi connectivity index (χ1v) is 54.4. The van der Waals surface area contributed by atoms with Crippen LogP contribution in [0.15, 0.2) is 201 Å². The maximum Gasteiger partial charge on any atom is 0.320 e. The molecule has 0 saturated heterocycles. The summed E-state index contributed by atoms with van der Waals surface area (Å²) in [4.78, 5) is 73.7. The second-order valence-electron chi connectivity index (χ2n) is 39.7. The van der Waals surface area contributed by atoms with Gasteiger partial charge >= 0.3 is 35.8 Å². The smallest absolute Gasteiger partial charge is 0.320 e. The summed E-state index contributed by atoms with van der Waals surface area (Å²) in [5.41, 5.74) is 20.3. The van der Waals surface area contributed by atoms with Crippen molar-refractivity contribution < 1.29 is 59.4 Å². The first-order chi connectivity index (χ1) is 70.8. The fourth-order valence-corrected chi connectivity index (χ4v) is 24.9. The van der Waals surface area contributed by atoms with Gasteiger partial charge in [-0.1, -0.05) is 204 Å². The molecule has 37 heteroatoms. The summed E-state index contributed by atoms with van der Waals surface area (Å²) in [5.74, 6) is 0.118. The molecule has 6 N–H and O–H groups in total. The molecule has 0 amide bonds. The van der Waals surface area contributed by atoms with E-state index >= 15 is 0 Å². The van der Waals surface area contributed by atoms with Crippen molar-refractivity contribution in [1.82, 2.24) is 93.6 Å². The van der Waals surface area contributed by atoms with E-state index in [0.717, 1.165) is 138 Å². The number of carboxylic acids is 6. The van der Waals surface area contributed by atoms with Gasteiger partial charge in [0.05, 0.1) is 45.4 Å². The third-order valence-electron chi connectivity index (χ3n) is 27.6. The van der Waals surface area contributed by atoms with Gasteiger partial charge in [-0.25, -0.2) is 0 Å². The molecule has 7 aromatic heterocycles. The zero-order valence-electron chi connectivity index (χ0n) is 87.0. The van der Waals surface area contributed by atoms with E-state index in [2.05, 4.69) is 229 Å². The third-order valence-corrected chi connectivity index (χ3v) is 34.7. The van der Waals surface area contributed by atoms with Crippen LogP contribution in [-0.4, -0.2) is 190 Å². The Morgan fingerprint density at radius 1 is 0.329 bits per heavy atom. The summed E-state index contributed by atoms with van der Waals surface area (Å²) in [7, 11) is 0. The molecule has 3 saturated carbocycles. The molecule has 17 aromatic rings. The summed E-state index contributed by atoms with van der Waals surface area (Å²) in [6.07, 6.45) is 11.8. The number of nitrogens with zero attached hydrogens (tertiary/aromatic N) is 19. The van der Waals surface area contributed by atoms with Crippen molar-refractivity contribution in [1.29, 1.82) is 0 Å². The van der Waals surface area contributed by atoms with Gasteiger partial charge in [-0.3, -0.25) is 61.2 Å². The molecule has 10 aromatic carbocycles. The predicted molar refractivity (Wildman–Crippen MR) is 590 cm³/mol. The Morgan fingerprint density at radius 3 is 1.10 bits per heavy atom. The van der Waals surface area contributed by atoms with Crippen molar-refractivity contribution in [2.75, 3.05) is 5.75 Å². The Morgan fingerprint density at radius 2 is 0.678 bits per heavy atom. The van der Waals surface area contributed by atoms with E-state index in [9.17, 15) is 54.3 Å². The molecule has 0 spiro atoms. The standard InChI is InChI=1S/C21H21N3O2S.C19H22N4O2S.C19H23N3O2S.C19H21N3O2S.C18H19N3O2S.C16H15N3O2S/c1-13-22-23-20(27-21(19(25)26)11-4-12-21)24(13)18-10-9-15(14-7-8-14)16-5-2-3-6-17(16)18;1-10-9-11(2)16(15-14(10)8-7-12(3)20-15)23-13(4)21-22-18(23)26-19(5,6)17(24)25;1-12-8-9-16(15-7-4-3-6-14(12)15)22-13(2)20-21-18(22)25-19(17(23)24)10-5-11-19;1-11-6-8-14-12(2)7-9-16(15(14)10-11)22-13(3)20-21-18(22)25-19(4,5)17(23)24;1-11-9-10-15(14-8-6-5-7-13(11)14)21-12(2)19-20-17(21)24-18(3,4)16(22)23;1-10-7-8-14(13-6-4-3-5-12(10)13)19-11(2)17-18-16(19)22-9-15(20)21/h2-3,5-6,9-10,14H,4,7-8,11-12H2,1H3,(H,25,26);7-9H,1-6H3,(H,24,25);8-9H,3-7,10-11H2,1-2H3,(H,23,24);6-10H,1-5H3,(H,23,24);5-10H,1-4H3,(H,22,23);3-8H,9H2,1-2H3,(H,20,21). The Kier molecular flexibility index (Phi) is 32.1. The van der Waals surface area contributed by atoms with E-state index < -0.39 is 59.6 Å². The molecular formula is C112H121N19O12S6. The highest BCUT2D eigenvalue weighted by atomic mass is 32.2. The maximum atomic E-state index is 11.8. The van der Waals surface area contributed by atoms with Crippen LogP contribution >= 0.6 is 70.6 Å². The quantitative estimate of drug-likeness (QED) is 0.0289. The van der Waals surface area contributed by atoms with Crippen molar-refractivity contribution >= 4 is 160 Å². The number of aliphatic carboxylic acids is 6. The third kappa shape index (κ3) is 22.7. The molecule has 31 nitrogen and oxygen atoms in total. The topological polar surface area (TPSA) is 421 Å². The molecule has 21 rings (SSSR count). The maximum absolute atomic E-state index is 11.8. The van der Waals surface area contributed by atoms with Crippen molar-refractivity contribution in [3.63, 3.8) is 0 Å². The molecule has 7 heterocycles. The van der Waals surface area contributed by atoms with Crippen molar-refractivity contribution in [2.24, 2.45) is 0 Å². The van der Waals surface area contributed by atoms with Gasteiger partial charge in [-0.05, 0) is 336 Å². The van der Waals surface area contributed by atoms with Crippen molar-refractivity contribution in [2.45, 2.75) is 276 Å². The number of hydrogen-bond acceptors (Lipinski definition) is 25. The summed E-state index contributed by atoms with van der Waals surface area (Å²) < 4.78 is 7.29. The van der Waals surface area contributed by atoms with E-state index in [4.69, 9.17) is 10.1 Å². The monoisotopic (exact) mass is 2120 g/mol. The average Bonchev–Trinajstić information content (AvgIpc) is 1.57. The number of rotatable bonds is 25. The minimum Gasteiger partial charge on any atom is -0.481 e. The Labute approximate surface area is 889 Å². The highest BCUT2D eigenvalue weighted by molar-refractivity contribution is 8.02. The van der Waals surface area contributed by atoms with E-state index in [-0.39, 0.29) is 5.75 Å². The first kappa shape index (κ1) is 108. The van der Waals surface area contributed by atoms with E-state index in [1.165, 1.54) is 162 Å². The van der Waals surface area contributed by atoms with Crippen LogP contribution < -0.4 is 0 Å². The van der Waals surface area contributed by atoms with Gasteiger partial charge in [0.1, 0.15) is 58.7 Å². The normalized spacial score (nSPS) is 14.0. The number of hydrogen-bond donors (Lipinski definition) is 6. The number of thioether (sulfide) groups is 6. The molecular weight excluding hydrogens is 2000 g/mol. The molecule has 4 aliphatic carbocycles. The molecule has 3 fully saturated rings. The number of pyridine rings is 1. The minimum absolute atomic E-state index is 0.0398. The zero-order chi connectivity index (χ0) is 107. The highest BCUT2D eigenvalue weighted by Gasteiger charge is 2.49. The summed E-state index contributed by atoms with van der Waals surface area (Å²) in [6, 6.07) is 58.3. The molecule has 0 unspecified atom stereocenters. The van der Waals surface area contributed by atoms with Gasteiger partial charge in [-0.2, -0.15) is 0 Å². The lowest BCUT2D eigenvalue weighted by atomic mass is 9.84. The fraction of sp³-hybridized carbons (Fsp3) is 0.348. The number of carboxylic acid groups (broad SMARTS) is 6. The minimum atomic E-state index is -1.02. The van der Waals surface area contributed by atoms with Crippen LogP contribution in [0.1, 0.15) is 208 Å². The van der Waals surface area contributed by atoms with Crippen molar-refractivity contribution in [3.05, 3.63) is 266 Å². The molecule has 0 atom stereocenters. The van der Waals surface area contributed by atoms with Gasteiger partial charge in [0, 0.05) is 32.6 Å². The number of carbonyl (C=O) groups is 6. The Bertz CT molecular complexity index is 8080. The van der Waals surface area contributed by atoms with Gasteiger partial charge in [0.2, 0.25) is 0 Å². The Balaban J connectivity index is 0.000000128. The van der Waals surface area contributed by atoms with Crippen LogP contribution in [-0.2, 0) is 41.6 Å². The summed E-state index contributed by atoms with van der Waals surface area (Å²) in [5, 5.41) is 121. The van der Waals surface area contributed by atoms with Crippen LogP contribution in [0.25, 0.3) is 88.1 Å². The number of fused-ring (bicyclic) bond motifs is 6. The lowest BCUT2D eigenvalue weighted by Crippen LogP contribution is -2.42. The second-order valence-corrected chi connectivity index (χ2v) is 48.2. The van der Waals surface area contributed by atoms with Crippen molar-refractivity contribution in [3.8, 4) is 34.1 Å². The zero-order valence-corrected chi connectivity index (χ0v) is 91.9. The van der Waals surface area contributed by atoms with Gasteiger partial charge in [0.15, 0.2) is 30.9 Å². The molecule has 0 bridgehead atoms. The SMILES string of the molecule is Cc1ccc(-n2c(C)nnc2SC(C)(C)C(=O)O)c2ccccc12.Cc1ccc(-n2c(C)nnc2SC2(C(=O)O)CCC2)c2c1CCCC2.Cc1ccc(-n2c(C)nnc2SCC(=O)O)c2ccccc12.Cc1ccc2c(C)cc(C)c(-n3c(C)nnc3SC(C)(C)C(=O)O)c2n1.Cc1ccc2c(C)ccc(-n3c(C)nnc3SC(C)(C)C(=O)O)c2c1.Cc1nnc(SC2(C(=O)O)CCC2)n1-c1ccc(C2CC2)c2ccccc12. The molecule has 0 radical (unpaired) electrons. The molecule has 4 aliphatic rings. The lowest BCUT2D eigenvalue weighted by Gasteiger charge is -2.36. The van der Waals surface area contributed by atoms with E-state index in [1.54, 1.807) is 41.5 Å². The van der Waals surface area contributed by atoms with Gasteiger partial charge < -0.3 is 30.6 Å². The summed E-state index contributed by atoms with van der Waals surface area (Å²) in [6.45, 7) is 37.9. The predicted octanol–water partition coefficient (Wildman–Crippen LogP) is 24.1. The van der Waals surface area contributed by atoms with Crippen LogP contribution in [0.5, 0.6) is 0 Å². The summed E-state index contributed by atoms with van der Waals surface area (Å²) >= 11 is 7.48. The Hall–Kier alpha value is -13.6. The highest BCUT2D eigenvalue weighted by Crippen LogP contribution is 2.52. The van der Waals surface area contributed by atoms with Crippen LogP contribution in [0, 0.1) is 96.9 Å². The second kappa shape index (κ2) is 44.3. The van der Waals surface area contributed by atoms with Crippen LogP contribution in [0.2, 0.25) is 0 Å². The first-order valence-electron chi connectivity index (χ1n) is 49.3. The molecule has 772 valence electrons. The number of benzene rings is 10. The van der Waals surface area contributed by atoms with E-state index in [1.807, 2.05) is 127 Å². The number of aromatic nitrogens is 19. The lowest BCUT2D eigenvalue weighted by molar-refractivity contribution is -0.143. The largest absolute Gasteiger partial charge is 0.481 e. The average molecular weight is 2120 g/mol. The molecule has 149 heavy (non-hydrogen) atoms. The van der Waals surface area contributed by atoms with E-state index in [0.29, 0.717) is 68.4 Å². The van der Waals surface area contributed by atoms with Gasteiger partial charge in [0.25, 0.3) is 0 Å². The molecule has 0 aliphatic heterocycles.